The topological polar surface area (TPSA) is 42.0 Å². The monoisotopic (exact) mass is 222 g/mol. The predicted octanol–water partition coefficient (Wildman–Crippen LogP) is 2.53. The average Bonchev–Trinajstić information content (AvgIpc) is 2.70. The Morgan fingerprint density at radius 2 is 2.27 bits per heavy atom. The second-order valence-electron chi connectivity index (χ2n) is 2.81. The molecule has 0 bridgehead atoms. The summed E-state index contributed by atoms with van der Waals surface area (Å²) in [6.07, 6.45) is 0. The predicted molar refractivity (Wildman–Crippen MR) is 56.5 cm³/mol. The number of carbonyl (C=O) groups is 1. The van der Waals surface area contributed by atoms with Crippen LogP contribution in [0.1, 0.15) is 10.4 Å². The zero-order chi connectivity index (χ0) is 10.7. The lowest BCUT2D eigenvalue weighted by atomic mass is 10.3. The first-order valence-corrected chi connectivity index (χ1v) is 5.16. The van der Waals surface area contributed by atoms with E-state index in [0.29, 0.717) is 5.56 Å². The Bertz CT molecular complexity index is 470. The fourth-order valence-corrected chi connectivity index (χ4v) is 1.70. The van der Waals surface area contributed by atoms with Crippen LogP contribution in [0.15, 0.2) is 35.0 Å². The number of hydrogen-bond acceptors (Lipinski definition) is 3. The van der Waals surface area contributed by atoms with Gasteiger partial charge in [0.15, 0.2) is 0 Å². The lowest BCUT2D eigenvalue weighted by Gasteiger charge is -2.01. The van der Waals surface area contributed by atoms with Gasteiger partial charge in [-0.3, -0.25) is 4.79 Å². The van der Waals surface area contributed by atoms with Crippen LogP contribution in [-0.4, -0.2) is 10.9 Å². The lowest BCUT2D eigenvalue weighted by molar-refractivity contribution is 0.102. The standard InChI is InChI=1S/C10H7FN2OS/c11-8-2-1-3-9(12-8)13-10(14)7-4-5-15-6-7/h1-6H,(H,12,13,14). The number of nitrogens with one attached hydrogen (secondary N) is 1. The lowest BCUT2D eigenvalue weighted by Crippen LogP contribution is -2.12. The summed E-state index contributed by atoms with van der Waals surface area (Å²) < 4.78 is 12.7. The van der Waals surface area contributed by atoms with Crippen molar-refractivity contribution >= 4 is 23.1 Å². The Morgan fingerprint density at radius 1 is 1.40 bits per heavy atom. The van der Waals surface area contributed by atoms with Gasteiger partial charge in [0.1, 0.15) is 5.82 Å². The highest BCUT2D eigenvalue weighted by Gasteiger charge is 2.06. The number of amides is 1. The van der Waals surface area contributed by atoms with Gasteiger partial charge in [-0.25, -0.2) is 4.98 Å². The van der Waals surface area contributed by atoms with Gasteiger partial charge in [-0.15, -0.1) is 0 Å². The highest BCUT2D eigenvalue weighted by Crippen LogP contribution is 2.09. The third-order valence-corrected chi connectivity index (χ3v) is 2.42. The van der Waals surface area contributed by atoms with Crippen molar-refractivity contribution in [2.75, 3.05) is 5.32 Å². The van der Waals surface area contributed by atoms with Gasteiger partial charge >= 0.3 is 0 Å². The number of anilines is 1. The Labute approximate surface area is 89.6 Å². The van der Waals surface area contributed by atoms with Crippen molar-refractivity contribution < 1.29 is 9.18 Å². The molecule has 1 amide bonds. The van der Waals surface area contributed by atoms with Gasteiger partial charge in [0.25, 0.3) is 5.91 Å². The van der Waals surface area contributed by atoms with E-state index in [0.717, 1.165) is 0 Å². The summed E-state index contributed by atoms with van der Waals surface area (Å²) in [5.41, 5.74) is 0.547. The highest BCUT2D eigenvalue weighted by atomic mass is 32.1. The van der Waals surface area contributed by atoms with Gasteiger partial charge in [0, 0.05) is 5.38 Å². The molecule has 0 aromatic carbocycles. The van der Waals surface area contributed by atoms with Crippen molar-refractivity contribution in [3.63, 3.8) is 0 Å². The normalized spacial score (nSPS) is 9.93. The molecule has 2 rings (SSSR count). The zero-order valence-electron chi connectivity index (χ0n) is 7.61. The van der Waals surface area contributed by atoms with E-state index in [2.05, 4.69) is 10.3 Å². The first kappa shape index (κ1) is 9.79. The second kappa shape index (κ2) is 4.18. The van der Waals surface area contributed by atoms with Gasteiger partial charge in [0.05, 0.1) is 5.56 Å². The van der Waals surface area contributed by atoms with E-state index in [1.807, 2.05) is 0 Å². The van der Waals surface area contributed by atoms with Crippen LogP contribution in [0, 0.1) is 5.95 Å². The van der Waals surface area contributed by atoms with Crippen LogP contribution in [0.3, 0.4) is 0 Å². The number of rotatable bonds is 2. The molecule has 0 fully saturated rings. The number of carbonyl (C=O) groups excluding carboxylic acids is 1. The summed E-state index contributed by atoms with van der Waals surface area (Å²) in [5, 5.41) is 6.02. The third-order valence-electron chi connectivity index (χ3n) is 1.74. The second-order valence-corrected chi connectivity index (χ2v) is 3.59. The smallest absolute Gasteiger partial charge is 0.257 e. The molecule has 5 heteroatoms. The molecule has 0 aliphatic carbocycles. The quantitative estimate of drug-likeness (QED) is 0.793. The van der Waals surface area contributed by atoms with E-state index < -0.39 is 5.95 Å². The average molecular weight is 222 g/mol. The summed E-state index contributed by atoms with van der Waals surface area (Å²) >= 11 is 1.43. The van der Waals surface area contributed by atoms with E-state index in [1.54, 1.807) is 16.8 Å². The minimum atomic E-state index is -0.613. The van der Waals surface area contributed by atoms with Crippen LogP contribution in [-0.2, 0) is 0 Å². The molecule has 76 valence electrons. The van der Waals surface area contributed by atoms with E-state index in [4.69, 9.17) is 0 Å². The molecule has 2 heterocycles. The van der Waals surface area contributed by atoms with Gasteiger partial charge in [-0.05, 0) is 23.6 Å². The first-order chi connectivity index (χ1) is 7.25. The number of nitrogens with zero attached hydrogens (tertiary/aromatic N) is 1. The van der Waals surface area contributed by atoms with Gasteiger partial charge in [-0.1, -0.05) is 6.07 Å². The summed E-state index contributed by atoms with van der Waals surface area (Å²) in [6.45, 7) is 0. The molecule has 3 nitrogen and oxygen atoms in total. The maximum atomic E-state index is 12.7. The van der Waals surface area contributed by atoms with Crippen molar-refractivity contribution in [2.45, 2.75) is 0 Å². The van der Waals surface area contributed by atoms with Crippen LogP contribution < -0.4 is 5.32 Å². The van der Waals surface area contributed by atoms with Gasteiger partial charge in [0.2, 0.25) is 5.95 Å². The van der Waals surface area contributed by atoms with E-state index in [-0.39, 0.29) is 11.7 Å². The van der Waals surface area contributed by atoms with Crippen molar-refractivity contribution in [1.82, 2.24) is 4.98 Å². The van der Waals surface area contributed by atoms with Crippen LogP contribution >= 0.6 is 11.3 Å². The molecule has 2 aromatic rings. The number of aromatic nitrogens is 1. The highest BCUT2D eigenvalue weighted by molar-refractivity contribution is 7.08. The minimum absolute atomic E-state index is 0.214. The molecule has 0 unspecified atom stereocenters. The van der Waals surface area contributed by atoms with Gasteiger partial charge < -0.3 is 5.32 Å². The van der Waals surface area contributed by atoms with Crippen LogP contribution in [0.5, 0.6) is 0 Å². The molecular weight excluding hydrogens is 215 g/mol. The Balaban J connectivity index is 2.13. The largest absolute Gasteiger partial charge is 0.306 e. The van der Waals surface area contributed by atoms with Crippen molar-refractivity contribution in [3.8, 4) is 0 Å². The van der Waals surface area contributed by atoms with Crippen molar-refractivity contribution in [1.29, 1.82) is 0 Å². The molecule has 0 aliphatic heterocycles. The molecule has 15 heavy (non-hydrogen) atoms. The SMILES string of the molecule is O=C(Nc1cccc(F)n1)c1ccsc1. The Kier molecular flexibility index (Phi) is 2.73. The van der Waals surface area contributed by atoms with E-state index in [9.17, 15) is 9.18 Å². The molecule has 0 radical (unpaired) electrons. The van der Waals surface area contributed by atoms with E-state index in [1.165, 1.54) is 29.5 Å². The molecule has 0 atom stereocenters. The molecule has 0 spiro atoms. The Hall–Kier alpha value is -1.75. The fourth-order valence-electron chi connectivity index (χ4n) is 1.06. The molecule has 0 aliphatic rings. The molecule has 2 aromatic heterocycles. The first-order valence-electron chi connectivity index (χ1n) is 4.22. The fraction of sp³-hybridized carbons (Fsp3) is 0. The zero-order valence-corrected chi connectivity index (χ0v) is 8.42. The summed E-state index contributed by atoms with van der Waals surface area (Å²) in [5.74, 6) is -0.682. The van der Waals surface area contributed by atoms with Gasteiger partial charge in [-0.2, -0.15) is 15.7 Å². The minimum Gasteiger partial charge on any atom is -0.306 e. The third kappa shape index (κ3) is 2.38. The van der Waals surface area contributed by atoms with E-state index >= 15 is 0 Å². The number of halogens is 1. The number of hydrogen-bond donors (Lipinski definition) is 1. The molecule has 0 saturated heterocycles. The maximum absolute atomic E-state index is 12.7. The number of pyridine rings is 1. The maximum Gasteiger partial charge on any atom is 0.257 e. The summed E-state index contributed by atoms with van der Waals surface area (Å²) in [4.78, 5) is 15.0. The Morgan fingerprint density at radius 3 is 2.93 bits per heavy atom. The molecule has 1 N–H and O–H groups in total. The summed E-state index contributed by atoms with van der Waals surface area (Å²) in [7, 11) is 0. The van der Waals surface area contributed by atoms with Crippen LogP contribution in [0.25, 0.3) is 0 Å². The molecule has 0 saturated carbocycles. The number of thiophene rings is 1. The van der Waals surface area contributed by atoms with Crippen molar-refractivity contribution in [2.24, 2.45) is 0 Å². The molecular formula is C10H7FN2OS. The summed E-state index contributed by atoms with van der Waals surface area (Å²) in [6, 6.07) is 5.94. The van der Waals surface area contributed by atoms with Crippen LogP contribution in [0.2, 0.25) is 0 Å². The van der Waals surface area contributed by atoms with Crippen molar-refractivity contribution in [3.05, 3.63) is 46.5 Å². The van der Waals surface area contributed by atoms with Crippen LogP contribution in [0.4, 0.5) is 10.2 Å².